The first kappa shape index (κ1) is 10.7. The van der Waals surface area contributed by atoms with Gasteiger partial charge in [-0.2, -0.15) is 0 Å². The molecule has 1 aromatic carbocycles. The largest absolute Gasteiger partial charge is 0.388 e. The highest BCUT2D eigenvalue weighted by atomic mass is 16.3. The lowest BCUT2D eigenvalue weighted by atomic mass is 10.0. The molecule has 0 saturated carbocycles. The van der Waals surface area contributed by atoms with Crippen molar-refractivity contribution in [1.29, 1.82) is 0 Å². The van der Waals surface area contributed by atoms with Crippen LogP contribution in [-0.4, -0.2) is 23.8 Å². The number of nitrogens with two attached hydrogens (primary N) is 1. The van der Waals surface area contributed by atoms with Crippen LogP contribution in [0.25, 0.3) is 0 Å². The highest BCUT2D eigenvalue weighted by Gasteiger charge is 2.24. The molecule has 0 aromatic heterocycles. The third kappa shape index (κ3) is 1.79. The molecular formula is C12H14N2O2. The van der Waals surface area contributed by atoms with Gasteiger partial charge in [0, 0.05) is 12.1 Å². The predicted molar refractivity (Wildman–Crippen MR) is 62.2 cm³/mol. The Hall–Kier alpha value is -1.81. The van der Waals surface area contributed by atoms with E-state index >= 15 is 0 Å². The maximum Gasteiger partial charge on any atom is 0.319 e. The Morgan fingerprint density at radius 1 is 1.50 bits per heavy atom. The number of benzene rings is 1. The maximum absolute atomic E-state index is 11.3. The maximum atomic E-state index is 11.3. The molecule has 84 valence electrons. The quantitative estimate of drug-likeness (QED) is 0.639. The number of hydrogen-bond donors (Lipinski definition) is 2. The van der Waals surface area contributed by atoms with E-state index in [1.165, 1.54) is 4.90 Å². The van der Waals surface area contributed by atoms with Gasteiger partial charge in [0.05, 0.1) is 12.6 Å². The van der Waals surface area contributed by atoms with Crippen LogP contribution >= 0.6 is 0 Å². The molecule has 0 fully saturated rings. The normalized spacial score (nSPS) is 20.2. The smallest absolute Gasteiger partial charge is 0.319 e. The molecule has 1 unspecified atom stereocenters. The fourth-order valence-corrected chi connectivity index (χ4v) is 1.89. The van der Waals surface area contributed by atoms with Crippen molar-refractivity contribution in [1.82, 2.24) is 0 Å². The molecule has 0 aliphatic carbocycles. The zero-order chi connectivity index (χ0) is 11.7. The van der Waals surface area contributed by atoms with E-state index < -0.39 is 12.1 Å². The van der Waals surface area contributed by atoms with Crippen molar-refractivity contribution < 1.29 is 9.90 Å². The number of rotatable bonds is 0. The third-order valence-corrected chi connectivity index (χ3v) is 2.79. The minimum absolute atomic E-state index is 0.271. The summed E-state index contributed by atoms with van der Waals surface area (Å²) < 4.78 is 0. The van der Waals surface area contributed by atoms with E-state index in [4.69, 9.17) is 5.73 Å². The van der Waals surface area contributed by atoms with E-state index in [0.717, 1.165) is 11.3 Å². The molecule has 16 heavy (non-hydrogen) atoms. The number of carbonyl (C=O) groups excluding carboxylic acids is 1. The SMILES string of the molecule is C=C1CN(C(N)=O)c2ccccc2CC1O. The summed E-state index contributed by atoms with van der Waals surface area (Å²) >= 11 is 0. The lowest BCUT2D eigenvalue weighted by molar-refractivity contribution is 0.211. The Balaban J connectivity index is 2.49. The summed E-state index contributed by atoms with van der Waals surface area (Å²) in [6.45, 7) is 4.04. The molecule has 1 aromatic rings. The van der Waals surface area contributed by atoms with Crippen molar-refractivity contribution in [2.45, 2.75) is 12.5 Å². The number of aliphatic hydroxyl groups is 1. The second kappa shape index (κ2) is 3.98. The topological polar surface area (TPSA) is 66.6 Å². The molecule has 0 radical (unpaired) electrons. The number of fused-ring (bicyclic) bond motifs is 1. The van der Waals surface area contributed by atoms with Gasteiger partial charge in [0.25, 0.3) is 0 Å². The lowest BCUT2D eigenvalue weighted by Crippen LogP contribution is -2.37. The molecular weight excluding hydrogens is 204 g/mol. The van der Waals surface area contributed by atoms with Gasteiger partial charge in [-0.05, 0) is 17.2 Å². The van der Waals surface area contributed by atoms with Gasteiger partial charge in [-0.1, -0.05) is 24.8 Å². The highest BCUT2D eigenvalue weighted by Crippen LogP contribution is 2.27. The van der Waals surface area contributed by atoms with Crippen LogP contribution in [0.1, 0.15) is 5.56 Å². The molecule has 1 heterocycles. The minimum Gasteiger partial charge on any atom is -0.388 e. The van der Waals surface area contributed by atoms with Crippen LogP contribution in [0.5, 0.6) is 0 Å². The molecule has 1 atom stereocenters. The zero-order valence-corrected chi connectivity index (χ0v) is 8.89. The molecule has 0 bridgehead atoms. The Labute approximate surface area is 94.0 Å². The van der Waals surface area contributed by atoms with Crippen LogP contribution < -0.4 is 10.6 Å². The number of anilines is 1. The fourth-order valence-electron chi connectivity index (χ4n) is 1.89. The van der Waals surface area contributed by atoms with Crippen molar-refractivity contribution in [3.63, 3.8) is 0 Å². The summed E-state index contributed by atoms with van der Waals surface area (Å²) in [5.74, 6) is 0. The van der Waals surface area contributed by atoms with Gasteiger partial charge in [0.1, 0.15) is 0 Å². The molecule has 4 heteroatoms. The first-order chi connectivity index (χ1) is 7.59. The summed E-state index contributed by atoms with van der Waals surface area (Å²) in [4.78, 5) is 12.8. The number of hydrogen-bond acceptors (Lipinski definition) is 2. The number of nitrogens with zero attached hydrogens (tertiary/aromatic N) is 1. The molecule has 2 amide bonds. The van der Waals surface area contributed by atoms with Crippen molar-refractivity contribution in [2.24, 2.45) is 5.73 Å². The van der Waals surface area contributed by atoms with Crippen LogP contribution in [0.4, 0.5) is 10.5 Å². The van der Waals surface area contributed by atoms with Crippen LogP contribution in [-0.2, 0) is 6.42 Å². The minimum atomic E-state index is -0.620. The summed E-state index contributed by atoms with van der Waals surface area (Å²) in [6.07, 6.45) is -0.149. The van der Waals surface area contributed by atoms with Crippen LogP contribution in [0.2, 0.25) is 0 Å². The zero-order valence-electron chi connectivity index (χ0n) is 8.89. The number of urea groups is 1. The Morgan fingerprint density at radius 3 is 2.88 bits per heavy atom. The Morgan fingerprint density at radius 2 is 2.19 bits per heavy atom. The predicted octanol–water partition coefficient (Wildman–Crippen LogP) is 1.04. The van der Waals surface area contributed by atoms with E-state index in [0.29, 0.717) is 12.0 Å². The van der Waals surface area contributed by atoms with E-state index in [2.05, 4.69) is 6.58 Å². The summed E-state index contributed by atoms with van der Waals surface area (Å²) in [7, 11) is 0. The van der Waals surface area contributed by atoms with E-state index in [9.17, 15) is 9.90 Å². The average molecular weight is 218 g/mol. The van der Waals surface area contributed by atoms with Crippen LogP contribution in [0.3, 0.4) is 0 Å². The van der Waals surface area contributed by atoms with Gasteiger partial charge < -0.3 is 10.8 Å². The Bertz CT molecular complexity index is 442. The fraction of sp³-hybridized carbons (Fsp3) is 0.250. The van der Waals surface area contributed by atoms with E-state index in [1.54, 1.807) is 0 Å². The van der Waals surface area contributed by atoms with Crippen molar-refractivity contribution in [3.05, 3.63) is 42.0 Å². The summed E-state index contributed by atoms with van der Waals surface area (Å²) in [6, 6.07) is 6.90. The molecule has 2 rings (SSSR count). The van der Waals surface area contributed by atoms with Gasteiger partial charge >= 0.3 is 6.03 Å². The number of primary amides is 1. The van der Waals surface area contributed by atoms with Crippen LogP contribution in [0, 0.1) is 0 Å². The Kier molecular flexibility index (Phi) is 2.66. The first-order valence-corrected chi connectivity index (χ1v) is 5.10. The second-order valence-corrected chi connectivity index (χ2v) is 3.93. The highest BCUT2D eigenvalue weighted by molar-refractivity contribution is 5.92. The summed E-state index contributed by atoms with van der Waals surface area (Å²) in [5, 5.41) is 9.83. The van der Waals surface area contributed by atoms with Gasteiger partial charge in [0.2, 0.25) is 0 Å². The van der Waals surface area contributed by atoms with Gasteiger partial charge in [-0.15, -0.1) is 0 Å². The number of carbonyl (C=O) groups is 1. The van der Waals surface area contributed by atoms with E-state index in [-0.39, 0.29) is 6.54 Å². The van der Waals surface area contributed by atoms with Crippen LogP contribution in [0.15, 0.2) is 36.4 Å². The standard InChI is InChI=1S/C12H14N2O2/c1-8-7-14(12(13)16)10-5-3-2-4-9(10)6-11(8)15/h2-5,11,15H,1,6-7H2,(H2,13,16). The molecule has 3 N–H and O–H groups in total. The van der Waals surface area contributed by atoms with Crippen molar-refractivity contribution in [3.8, 4) is 0 Å². The molecule has 0 spiro atoms. The van der Waals surface area contributed by atoms with Gasteiger partial charge in [0.15, 0.2) is 0 Å². The van der Waals surface area contributed by atoms with Crippen molar-refractivity contribution >= 4 is 11.7 Å². The molecule has 1 aliphatic heterocycles. The van der Waals surface area contributed by atoms with Gasteiger partial charge in [-0.25, -0.2) is 4.79 Å². The number of para-hydroxylation sites is 1. The summed E-state index contributed by atoms with van der Waals surface area (Å²) in [5.41, 5.74) is 7.60. The molecule has 1 aliphatic rings. The molecule has 0 saturated heterocycles. The molecule has 4 nitrogen and oxygen atoms in total. The third-order valence-electron chi connectivity index (χ3n) is 2.79. The monoisotopic (exact) mass is 218 g/mol. The second-order valence-electron chi connectivity index (χ2n) is 3.93. The van der Waals surface area contributed by atoms with E-state index in [1.807, 2.05) is 24.3 Å². The lowest BCUT2D eigenvalue weighted by Gasteiger charge is -2.20. The first-order valence-electron chi connectivity index (χ1n) is 5.10. The number of aliphatic hydroxyl groups excluding tert-OH is 1. The average Bonchev–Trinajstić information content (AvgIpc) is 2.37. The van der Waals surface area contributed by atoms with Crippen molar-refractivity contribution in [2.75, 3.05) is 11.4 Å². The van der Waals surface area contributed by atoms with Gasteiger partial charge in [-0.3, -0.25) is 4.90 Å². The number of amides is 2.